The lowest BCUT2D eigenvalue weighted by Gasteiger charge is -2.33. The van der Waals surface area contributed by atoms with Crippen LogP contribution < -0.4 is 4.74 Å². The van der Waals surface area contributed by atoms with E-state index in [1.54, 1.807) is 7.11 Å². The van der Waals surface area contributed by atoms with E-state index in [-0.39, 0.29) is 0 Å². The SMILES string of the molecule is COc1ccc(Br)c2c1CN(CCN1CCOCC1)CC2. The predicted molar refractivity (Wildman–Crippen MR) is 86.9 cm³/mol. The van der Waals surface area contributed by atoms with Crippen LogP contribution in [0.5, 0.6) is 5.75 Å². The molecular formula is C16H23BrN2O2. The zero-order chi connectivity index (χ0) is 14.7. The van der Waals surface area contributed by atoms with Crippen molar-refractivity contribution in [1.82, 2.24) is 9.80 Å². The molecule has 5 heteroatoms. The second-order valence-corrected chi connectivity index (χ2v) is 6.54. The highest BCUT2D eigenvalue weighted by molar-refractivity contribution is 9.10. The van der Waals surface area contributed by atoms with Crippen LogP contribution in [0, 0.1) is 0 Å². The Balaban J connectivity index is 1.62. The predicted octanol–water partition coefficient (Wildman–Crippen LogP) is 2.15. The largest absolute Gasteiger partial charge is 0.496 e. The third-order valence-corrected chi connectivity index (χ3v) is 5.19. The highest BCUT2D eigenvalue weighted by Gasteiger charge is 2.22. The maximum atomic E-state index is 5.54. The van der Waals surface area contributed by atoms with Crippen LogP contribution in [-0.2, 0) is 17.7 Å². The number of hydrogen-bond donors (Lipinski definition) is 0. The molecule has 0 spiro atoms. The first-order valence-electron chi connectivity index (χ1n) is 7.64. The molecule has 1 aromatic carbocycles. The summed E-state index contributed by atoms with van der Waals surface area (Å²) in [5.74, 6) is 1.02. The number of halogens is 1. The fourth-order valence-electron chi connectivity index (χ4n) is 3.15. The van der Waals surface area contributed by atoms with E-state index in [1.807, 2.05) is 0 Å². The summed E-state index contributed by atoms with van der Waals surface area (Å²) in [7, 11) is 1.76. The van der Waals surface area contributed by atoms with Crippen LogP contribution in [0.25, 0.3) is 0 Å². The molecule has 0 bridgehead atoms. The van der Waals surface area contributed by atoms with E-state index in [2.05, 4.69) is 37.9 Å². The summed E-state index contributed by atoms with van der Waals surface area (Å²) in [6.45, 7) is 8.27. The lowest BCUT2D eigenvalue weighted by atomic mass is 9.99. The van der Waals surface area contributed by atoms with Crippen LogP contribution in [0.3, 0.4) is 0 Å². The van der Waals surface area contributed by atoms with Crippen LogP contribution >= 0.6 is 15.9 Å². The van der Waals surface area contributed by atoms with Gasteiger partial charge in [0.05, 0.1) is 20.3 Å². The first-order valence-corrected chi connectivity index (χ1v) is 8.44. The van der Waals surface area contributed by atoms with Crippen molar-refractivity contribution in [1.29, 1.82) is 0 Å². The van der Waals surface area contributed by atoms with Gasteiger partial charge in [-0.2, -0.15) is 0 Å². The fourth-order valence-corrected chi connectivity index (χ4v) is 3.72. The van der Waals surface area contributed by atoms with E-state index in [0.29, 0.717) is 0 Å². The number of fused-ring (bicyclic) bond motifs is 1. The minimum atomic E-state index is 0.879. The van der Waals surface area contributed by atoms with Crippen molar-refractivity contribution < 1.29 is 9.47 Å². The summed E-state index contributed by atoms with van der Waals surface area (Å²) in [6.07, 6.45) is 1.09. The summed E-state index contributed by atoms with van der Waals surface area (Å²) in [5, 5.41) is 0. The number of methoxy groups -OCH3 is 1. The maximum Gasteiger partial charge on any atom is 0.123 e. The summed E-state index contributed by atoms with van der Waals surface area (Å²) in [4.78, 5) is 5.03. The maximum absolute atomic E-state index is 5.54. The van der Waals surface area contributed by atoms with Gasteiger partial charge in [-0.05, 0) is 24.1 Å². The zero-order valence-corrected chi connectivity index (χ0v) is 14.2. The van der Waals surface area contributed by atoms with Crippen LogP contribution in [0.1, 0.15) is 11.1 Å². The van der Waals surface area contributed by atoms with E-state index in [9.17, 15) is 0 Å². The summed E-state index contributed by atoms with van der Waals surface area (Å²) in [5.41, 5.74) is 2.76. The molecule has 1 aromatic rings. The standard InChI is InChI=1S/C16H23BrN2O2/c1-20-16-3-2-15(17)13-4-5-19(12-14(13)16)7-6-18-8-10-21-11-9-18/h2-3H,4-12H2,1H3. The number of rotatable bonds is 4. The number of hydrogen-bond acceptors (Lipinski definition) is 4. The summed E-state index contributed by atoms with van der Waals surface area (Å²) < 4.78 is 12.2. The number of ether oxygens (including phenoxy) is 2. The minimum Gasteiger partial charge on any atom is -0.496 e. The van der Waals surface area contributed by atoms with E-state index in [0.717, 1.165) is 64.7 Å². The lowest BCUT2D eigenvalue weighted by molar-refractivity contribution is 0.0326. The van der Waals surface area contributed by atoms with Gasteiger partial charge in [-0.3, -0.25) is 9.80 Å². The van der Waals surface area contributed by atoms with E-state index >= 15 is 0 Å². The van der Waals surface area contributed by atoms with Gasteiger partial charge < -0.3 is 9.47 Å². The van der Waals surface area contributed by atoms with E-state index < -0.39 is 0 Å². The van der Waals surface area contributed by atoms with Gasteiger partial charge >= 0.3 is 0 Å². The second-order valence-electron chi connectivity index (χ2n) is 5.69. The van der Waals surface area contributed by atoms with Crippen molar-refractivity contribution in [2.45, 2.75) is 13.0 Å². The highest BCUT2D eigenvalue weighted by atomic mass is 79.9. The third kappa shape index (κ3) is 3.59. The first kappa shape index (κ1) is 15.3. The molecule has 0 atom stereocenters. The van der Waals surface area contributed by atoms with E-state index in [4.69, 9.17) is 9.47 Å². The fraction of sp³-hybridized carbons (Fsp3) is 0.625. The molecule has 1 saturated heterocycles. The molecule has 1 fully saturated rings. The number of nitrogens with zero attached hydrogens (tertiary/aromatic N) is 2. The van der Waals surface area contributed by atoms with Gasteiger partial charge in [0.2, 0.25) is 0 Å². The average molecular weight is 355 g/mol. The Morgan fingerprint density at radius 3 is 2.62 bits per heavy atom. The molecule has 4 nitrogen and oxygen atoms in total. The van der Waals surface area contributed by atoms with Crippen molar-refractivity contribution in [3.05, 3.63) is 27.7 Å². The van der Waals surface area contributed by atoms with Gasteiger partial charge in [-0.15, -0.1) is 0 Å². The zero-order valence-electron chi connectivity index (χ0n) is 12.6. The Bertz CT molecular complexity index is 489. The quantitative estimate of drug-likeness (QED) is 0.826. The monoisotopic (exact) mass is 354 g/mol. The van der Waals surface area contributed by atoms with Crippen LogP contribution in [0.4, 0.5) is 0 Å². The third-order valence-electron chi connectivity index (χ3n) is 4.45. The average Bonchev–Trinajstić information content (AvgIpc) is 2.54. The topological polar surface area (TPSA) is 24.9 Å². The minimum absolute atomic E-state index is 0.879. The number of benzene rings is 1. The van der Waals surface area contributed by atoms with Gasteiger partial charge in [-0.25, -0.2) is 0 Å². The molecular weight excluding hydrogens is 332 g/mol. The highest BCUT2D eigenvalue weighted by Crippen LogP contribution is 2.33. The molecule has 116 valence electrons. The summed E-state index contributed by atoms with van der Waals surface area (Å²) in [6, 6.07) is 4.16. The Morgan fingerprint density at radius 1 is 1.10 bits per heavy atom. The summed E-state index contributed by atoms with van der Waals surface area (Å²) >= 11 is 3.67. The Morgan fingerprint density at radius 2 is 1.86 bits per heavy atom. The first-order chi connectivity index (χ1) is 10.3. The van der Waals surface area contributed by atoms with Crippen molar-refractivity contribution in [3.8, 4) is 5.75 Å². The molecule has 0 aromatic heterocycles. The molecule has 0 unspecified atom stereocenters. The lowest BCUT2D eigenvalue weighted by Crippen LogP contribution is -2.42. The molecule has 0 radical (unpaired) electrons. The van der Waals surface area contributed by atoms with Crippen LogP contribution in [-0.4, -0.2) is 62.8 Å². The van der Waals surface area contributed by atoms with Gasteiger partial charge in [-0.1, -0.05) is 15.9 Å². The Kier molecular flexibility index (Phi) is 5.16. The van der Waals surface area contributed by atoms with Crippen molar-refractivity contribution >= 4 is 15.9 Å². The van der Waals surface area contributed by atoms with Gasteiger partial charge in [0.15, 0.2) is 0 Å². The van der Waals surface area contributed by atoms with Gasteiger partial charge in [0.25, 0.3) is 0 Å². The molecule has 0 aliphatic carbocycles. The number of morpholine rings is 1. The van der Waals surface area contributed by atoms with Crippen molar-refractivity contribution in [2.24, 2.45) is 0 Å². The van der Waals surface area contributed by atoms with Gasteiger partial charge in [0, 0.05) is 49.3 Å². The molecule has 0 N–H and O–H groups in total. The van der Waals surface area contributed by atoms with E-state index in [1.165, 1.54) is 15.6 Å². The normalized spacial score (nSPS) is 20.3. The molecule has 21 heavy (non-hydrogen) atoms. The van der Waals surface area contributed by atoms with Crippen molar-refractivity contribution in [2.75, 3.05) is 53.0 Å². The van der Waals surface area contributed by atoms with Crippen LogP contribution in [0.15, 0.2) is 16.6 Å². The molecule has 2 aliphatic rings. The van der Waals surface area contributed by atoms with Crippen LogP contribution in [0.2, 0.25) is 0 Å². The molecule has 0 saturated carbocycles. The molecule has 0 amide bonds. The Labute approximate surface area is 135 Å². The molecule has 3 rings (SSSR count). The van der Waals surface area contributed by atoms with Gasteiger partial charge in [0.1, 0.15) is 5.75 Å². The Hall–Kier alpha value is -0.620. The molecule has 2 aliphatic heterocycles. The second kappa shape index (κ2) is 7.09. The smallest absolute Gasteiger partial charge is 0.123 e. The molecule has 2 heterocycles. The van der Waals surface area contributed by atoms with Crippen molar-refractivity contribution in [3.63, 3.8) is 0 Å².